The molecule has 2 aromatic heterocycles. The maximum atomic E-state index is 13.4. The minimum Gasteiger partial charge on any atom is -0.496 e. The Kier molecular flexibility index (Phi) is 4.92. The number of methoxy groups -OCH3 is 1. The van der Waals surface area contributed by atoms with Crippen LogP contribution in [0.25, 0.3) is 32.8 Å². The van der Waals surface area contributed by atoms with Crippen LogP contribution >= 0.6 is 0 Å². The summed E-state index contributed by atoms with van der Waals surface area (Å²) in [6, 6.07) is 25.6. The van der Waals surface area contributed by atoms with Gasteiger partial charge in [-0.05, 0) is 23.8 Å². The summed E-state index contributed by atoms with van der Waals surface area (Å²) in [6.45, 7) is 0.459. The largest absolute Gasteiger partial charge is 0.496 e. The molecule has 152 valence electrons. The van der Waals surface area contributed by atoms with Gasteiger partial charge in [0, 0.05) is 28.5 Å². The van der Waals surface area contributed by atoms with Crippen LogP contribution in [0.3, 0.4) is 0 Å². The van der Waals surface area contributed by atoms with Crippen molar-refractivity contribution in [2.45, 2.75) is 13.0 Å². The molecular weight excluding hydrogens is 386 g/mol. The van der Waals surface area contributed by atoms with Gasteiger partial charge in [0.05, 0.1) is 30.8 Å². The smallest absolute Gasteiger partial charge is 0.275 e. The molecule has 2 heterocycles. The number of hydrogen-bond acceptors (Lipinski definition) is 4. The van der Waals surface area contributed by atoms with Gasteiger partial charge in [-0.1, -0.05) is 60.7 Å². The van der Waals surface area contributed by atoms with Gasteiger partial charge in [-0.25, -0.2) is 4.68 Å². The lowest BCUT2D eigenvalue weighted by molar-refractivity contribution is 0.416. The summed E-state index contributed by atoms with van der Waals surface area (Å²) in [6.07, 6.45) is 2.38. The SMILES string of the molecule is COc1ccccc1-c1cccc2cnn(CCc3ccc4ccccc4n3)c(=O)c12. The maximum Gasteiger partial charge on any atom is 0.275 e. The minimum atomic E-state index is -0.111. The Balaban J connectivity index is 1.54. The summed E-state index contributed by atoms with van der Waals surface area (Å²) in [5.74, 6) is 0.734. The third-order valence-electron chi connectivity index (χ3n) is 5.51. The molecule has 5 rings (SSSR count). The number of aryl methyl sites for hydroxylation is 2. The van der Waals surface area contributed by atoms with Crippen molar-refractivity contribution in [2.75, 3.05) is 7.11 Å². The van der Waals surface area contributed by atoms with E-state index in [1.165, 1.54) is 4.68 Å². The van der Waals surface area contributed by atoms with Crippen LogP contribution < -0.4 is 10.3 Å². The first-order valence-corrected chi connectivity index (χ1v) is 10.2. The van der Waals surface area contributed by atoms with Crippen molar-refractivity contribution in [3.63, 3.8) is 0 Å². The van der Waals surface area contributed by atoms with Crippen molar-refractivity contribution in [3.8, 4) is 16.9 Å². The number of pyridine rings is 1. The quantitative estimate of drug-likeness (QED) is 0.417. The Labute approximate surface area is 179 Å². The van der Waals surface area contributed by atoms with Gasteiger partial charge in [-0.15, -0.1) is 0 Å². The maximum absolute atomic E-state index is 13.4. The Morgan fingerprint density at radius 2 is 1.61 bits per heavy atom. The highest BCUT2D eigenvalue weighted by atomic mass is 16.5. The van der Waals surface area contributed by atoms with Crippen molar-refractivity contribution in [2.24, 2.45) is 0 Å². The average Bonchev–Trinajstić information content (AvgIpc) is 2.83. The van der Waals surface area contributed by atoms with Crippen LogP contribution in [0, 0.1) is 0 Å². The number of rotatable bonds is 5. The molecule has 0 spiro atoms. The van der Waals surface area contributed by atoms with E-state index >= 15 is 0 Å². The summed E-state index contributed by atoms with van der Waals surface area (Å²) in [7, 11) is 1.64. The van der Waals surface area contributed by atoms with Gasteiger partial charge in [-0.3, -0.25) is 9.78 Å². The van der Waals surface area contributed by atoms with Gasteiger partial charge in [-0.2, -0.15) is 5.10 Å². The molecule has 5 nitrogen and oxygen atoms in total. The topological polar surface area (TPSA) is 57.0 Å². The number of nitrogens with zero attached hydrogens (tertiary/aromatic N) is 3. The Morgan fingerprint density at radius 1 is 0.839 bits per heavy atom. The molecule has 0 saturated carbocycles. The zero-order chi connectivity index (χ0) is 21.2. The van der Waals surface area contributed by atoms with Crippen LogP contribution in [-0.2, 0) is 13.0 Å². The van der Waals surface area contributed by atoms with E-state index in [2.05, 4.69) is 11.2 Å². The molecule has 0 fully saturated rings. The highest BCUT2D eigenvalue weighted by Gasteiger charge is 2.13. The van der Waals surface area contributed by atoms with Crippen LogP contribution in [0.4, 0.5) is 0 Å². The molecule has 31 heavy (non-hydrogen) atoms. The molecule has 0 atom stereocenters. The van der Waals surface area contributed by atoms with E-state index in [-0.39, 0.29) is 5.56 Å². The summed E-state index contributed by atoms with van der Waals surface area (Å²) < 4.78 is 7.05. The van der Waals surface area contributed by atoms with Crippen molar-refractivity contribution < 1.29 is 4.74 Å². The monoisotopic (exact) mass is 407 g/mol. The van der Waals surface area contributed by atoms with Gasteiger partial charge in [0.15, 0.2) is 0 Å². The Bertz CT molecular complexity index is 1460. The first-order chi connectivity index (χ1) is 15.2. The summed E-state index contributed by atoms with van der Waals surface area (Å²) in [4.78, 5) is 18.1. The zero-order valence-electron chi connectivity index (χ0n) is 17.2. The number of fused-ring (bicyclic) bond motifs is 2. The lowest BCUT2D eigenvalue weighted by Gasteiger charge is -2.12. The van der Waals surface area contributed by atoms with Gasteiger partial charge < -0.3 is 4.74 Å². The van der Waals surface area contributed by atoms with E-state index in [0.717, 1.165) is 38.9 Å². The third kappa shape index (κ3) is 3.55. The average molecular weight is 407 g/mol. The second-order valence-electron chi connectivity index (χ2n) is 7.39. The first kappa shape index (κ1) is 19.0. The number of benzene rings is 3. The van der Waals surface area contributed by atoms with E-state index in [4.69, 9.17) is 9.72 Å². The summed E-state index contributed by atoms with van der Waals surface area (Å²) in [5.41, 5.74) is 3.52. The lowest BCUT2D eigenvalue weighted by Crippen LogP contribution is -2.24. The number of para-hydroxylation sites is 2. The summed E-state index contributed by atoms with van der Waals surface area (Å²) in [5, 5.41) is 6.97. The molecule has 0 unspecified atom stereocenters. The summed E-state index contributed by atoms with van der Waals surface area (Å²) >= 11 is 0. The van der Waals surface area contributed by atoms with Crippen LogP contribution in [0.5, 0.6) is 5.75 Å². The number of aromatic nitrogens is 3. The van der Waals surface area contributed by atoms with E-state index in [1.807, 2.05) is 72.8 Å². The van der Waals surface area contributed by atoms with Crippen LogP contribution in [0.1, 0.15) is 5.69 Å². The van der Waals surface area contributed by atoms with Crippen molar-refractivity contribution >= 4 is 21.7 Å². The molecular formula is C26H21N3O2. The van der Waals surface area contributed by atoms with Crippen molar-refractivity contribution in [3.05, 3.63) is 101 Å². The molecule has 0 aliphatic carbocycles. The highest BCUT2D eigenvalue weighted by Crippen LogP contribution is 2.33. The van der Waals surface area contributed by atoms with Gasteiger partial charge in [0.25, 0.3) is 5.56 Å². The lowest BCUT2D eigenvalue weighted by atomic mass is 9.99. The second kappa shape index (κ2) is 8.03. The number of ether oxygens (including phenoxy) is 1. The van der Waals surface area contributed by atoms with Crippen molar-refractivity contribution in [1.29, 1.82) is 0 Å². The molecule has 0 saturated heterocycles. The second-order valence-corrected chi connectivity index (χ2v) is 7.39. The Hall–Kier alpha value is -3.99. The van der Waals surface area contributed by atoms with Crippen LogP contribution in [0.15, 0.2) is 89.9 Å². The van der Waals surface area contributed by atoms with E-state index < -0.39 is 0 Å². The highest BCUT2D eigenvalue weighted by molar-refractivity contribution is 5.97. The zero-order valence-corrected chi connectivity index (χ0v) is 17.2. The van der Waals surface area contributed by atoms with Crippen molar-refractivity contribution in [1.82, 2.24) is 14.8 Å². The molecule has 5 heteroatoms. The molecule has 3 aromatic carbocycles. The molecule has 0 amide bonds. The third-order valence-corrected chi connectivity index (χ3v) is 5.51. The van der Waals surface area contributed by atoms with E-state index in [0.29, 0.717) is 18.4 Å². The molecule has 0 N–H and O–H groups in total. The van der Waals surface area contributed by atoms with Gasteiger partial charge >= 0.3 is 0 Å². The fourth-order valence-electron chi connectivity index (χ4n) is 3.95. The fourth-order valence-corrected chi connectivity index (χ4v) is 3.95. The predicted octanol–water partition coefficient (Wildman–Crippen LogP) is 4.86. The molecule has 0 bridgehead atoms. The minimum absolute atomic E-state index is 0.111. The normalized spacial score (nSPS) is 11.1. The molecule has 0 aliphatic rings. The van der Waals surface area contributed by atoms with Gasteiger partial charge in [0.1, 0.15) is 5.75 Å². The van der Waals surface area contributed by atoms with Crippen LogP contribution in [-0.4, -0.2) is 21.9 Å². The van der Waals surface area contributed by atoms with E-state index in [9.17, 15) is 4.79 Å². The van der Waals surface area contributed by atoms with E-state index in [1.54, 1.807) is 13.3 Å². The molecule has 0 aliphatic heterocycles. The molecule has 5 aromatic rings. The standard InChI is InChI=1S/C26H21N3O2/c1-31-24-12-5-3-9-21(24)22-10-6-8-19-17-27-29(26(30)25(19)22)16-15-20-14-13-18-7-2-4-11-23(18)28-20/h2-14,17H,15-16H2,1H3. The first-order valence-electron chi connectivity index (χ1n) is 10.2. The van der Waals surface area contributed by atoms with Crippen LogP contribution in [0.2, 0.25) is 0 Å². The predicted molar refractivity (Wildman–Crippen MR) is 123 cm³/mol. The molecule has 0 radical (unpaired) electrons. The fraction of sp³-hybridized carbons (Fsp3) is 0.115. The number of hydrogen-bond donors (Lipinski definition) is 0. The Morgan fingerprint density at radius 3 is 2.52 bits per heavy atom. The van der Waals surface area contributed by atoms with Gasteiger partial charge in [0.2, 0.25) is 0 Å².